The molecule has 0 atom stereocenters. The number of ether oxygens (including phenoxy) is 1. The van der Waals surface area contributed by atoms with Crippen LogP contribution in [0, 0.1) is 0 Å². The number of carbonyl (C=O) groups excluding carboxylic acids is 1. The van der Waals surface area contributed by atoms with Gasteiger partial charge in [-0.1, -0.05) is 36.4 Å². The van der Waals surface area contributed by atoms with Crippen LogP contribution in [0.15, 0.2) is 54.1 Å². The quantitative estimate of drug-likeness (QED) is 0.691. The first-order valence-electron chi connectivity index (χ1n) is 6.72. The van der Waals surface area contributed by atoms with Crippen LogP contribution < -0.4 is 0 Å². The SMILES string of the molecule is COC(=O)c1cccc(-c2ccccc2/C=C(\C)C(=O)O)c1. The van der Waals surface area contributed by atoms with Gasteiger partial charge < -0.3 is 9.84 Å². The monoisotopic (exact) mass is 296 g/mol. The van der Waals surface area contributed by atoms with Gasteiger partial charge in [0.05, 0.1) is 12.7 Å². The van der Waals surface area contributed by atoms with Gasteiger partial charge in [0.25, 0.3) is 0 Å². The highest BCUT2D eigenvalue weighted by molar-refractivity contribution is 5.94. The lowest BCUT2D eigenvalue weighted by Crippen LogP contribution is -2.01. The summed E-state index contributed by atoms with van der Waals surface area (Å²) in [5.41, 5.74) is 3.16. The summed E-state index contributed by atoms with van der Waals surface area (Å²) >= 11 is 0. The van der Waals surface area contributed by atoms with Gasteiger partial charge in [-0.25, -0.2) is 9.59 Å². The van der Waals surface area contributed by atoms with Crippen LogP contribution in [-0.4, -0.2) is 24.2 Å². The average molecular weight is 296 g/mol. The van der Waals surface area contributed by atoms with E-state index in [9.17, 15) is 9.59 Å². The zero-order chi connectivity index (χ0) is 16.1. The standard InChI is InChI=1S/C18H16O4/c1-12(17(19)20)10-13-6-3-4-9-16(13)14-7-5-8-15(11-14)18(21)22-2/h3-11H,1-2H3,(H,19,20)/b12-10+. The molecule has 0 aliphatic carbocycles. The number of esters is 1. The molecule has 4 nitrogen and oxygen atoms in total. The van der Waals surface area contributed by atoms with Crippen molar-refractivity contribution in [2.75, 3.05) is 7.11 Å². The molecule has 0 saturated heterocycles. The lowest BCUT2D eigenvalue weighted by atomic mass is 9.97. The van der Waals surface area contributed by atoms with Gasteiger partial charge in [0.2, 0.25) is 0 Å². The molecule has 2 aromatic rings. The number of hydrogen-bond acceptors (Lipinski definition) is 3. The maximum atomic E-state index is 11.6. The van der Waals surface area contributed by atoms with Crippen molar-refractivity contribution in [1.29, 1.82) is 0 Å². The van der Waals surface area contributed by atoms with Crippen molar-refractivity contribution in [2.45, 2.75) is 6.92 Å². The molecular weight excluding hydrogens is 280 g/mol. The predicted molar refractivity (Wildman–Crippen MR) is 84.5 cm³/mol. The predicted octanol–water partition coefficient (Wildman–Crippen LogP) is 3.63. The summed E-state index contributed by atoms with van der Waals surface area (Å²) in [6, 6.07) is 14.5. The number of rotatable bonds is 4. The van der Waals surface area contributed by atoms with Crippen molar-refractivity contribution in [1.82, 2.24) is 0 Å². The molecule has 0 aromatic heterocycles. The average Bonchev–Trinajstić information content (AvgIpc) is 2.54. The lowest BCUT2D eigenvalue weighted by Gasteiger charge is -2.08. The number of carbonyl (C=O) groups is 2. The van der Waals surface area contributed by atoms with E-state index in [4.69, 9.17) is 9.84 Å². The molecule has 0 saturated carbocycles. The van der Waals surface area contributed by atoms with Gasteiger partial charge in [0.1, 0.15) is 0 Å². The van der Waals surface area contributed by atoms with Crippen molar-refractivity contribution >= 4 is 18.0 Å². The van der Waals surface area contributed by atoms with Crippen LogP contribution in [0.3, 0.4) is 0 Å². The van der Waals surface area contributed by atoms with E-state index in [1.54, 1.807) is 31.2 Å². The van der Waals surface area contributed by atoms with Crippen molar-refractivity contribution in [2.24, 2.45) is 0 Å². The van der Waals surface area contributed by atoms with E-state index < -0.39 is 11.9 Å². The number of methoxy groups -OCH3 is 1. The second-order valence-electron chi connectivity index (χ2n) is 4.79. The third kappa shape index (κ3) is 3.41. The Kier molecular flexibility index (Phi) is 4.73. The minimum atomic E-state index is -0.960. The van der Waals surface area contributed by atoms with Gasteiger partial charge in [-0.2, -0.15) is 0 Å². The topological polar surface area (TPSA) is 63.6 Å². The number of carboxylic acids is 1. The smallest absolute Gasteiger partial charge is 0.337 e. The highest BCUT2D eigenvalue weighted by Gasteiger charge is 2.09. The first-order valence-corrected chi connectivity index (χ1v) is 6.72. The molecule has 0 amide bonds. The van der Waals surface area contributed by atoms with Crippen molar-refractivity contribution < 1.29 is 19.4 Å². The third-order valence-electron chi connectivity index (χ3n) is 3.26. The molecular formula is C18H16O4. The molecule has 112 valence electrons. The van der Waals surface area contributed by atoms with Crippen LogP contribution in [0.25, 0.3) is 17.2 Å². The summed E-state index contributed by atoms with van der Waals surface area (Å²) < 4.78 is 4.72. The maximum Gasteiger partial charge on any atom is 0.337 e. The summed E-state index contributed by atoms with van der Waals surface area (Å²) in [5.74, 6) is -1.37. The summed E-state index contributed by atoms with van der Waals surface area (Å²) in [5, 5.41) is 9.02. The zero-order valence-corrected chi connectivity index (χ0v) is 12.4. The van der Waals surface area contributed by atoms with E-state index in [0.717, 1.165) is 16.7 Å². The molecule has 0 radical (unpaired) electrons. The Balaban J connectivity index is 2.52. The van der Waals surface area contributed by atoms with Crippen LogP contribution in [0.1, 0.15) is 22.8 Å². The lowest BCUT2D eigenvalue weighted by molar-refractivity contribution is -0.132. The fraction of sp³-hybridized carbons (Fsp3) is 0.111. The van der Waals surface area contributed by atoms with Gasteiger partial charge in [-0.05, 0) is 41.8 Å². The van der Waals surface area contributed by atoms with Crippen molar-refractivity contribution in [3.63, 3.8) is 0 Å². The Morgan fingerprint density at radius 2 is 1.82 bits per heavy atom. The fourth-order valence-electron chi connectivity index (χ4n) is 2.11. The van der Waals surface area contributed by atoms with E-state index in [1.165, 1.54) is 7.11 Å². The van der Waals surface area contributed by atoms with E-state index in [-0.39, 0.29) is 5.57 Å². The molecule has 0 spiro atoms. The normalized spacial score (nSPS) is 11.1. The first kappa shape index (κ1) is 15.5. The fourth-order valence-corrected chi connectivity index (χ4v) is 2.11. The Labute approximate surface area is 128 Å². The first-order chi connectivity index (χ1) is 10.5. The summed E-state index contributed by atoms with van der Waals surface area (Å²) in [6.45, 7) is 1.55. The minimum Gasteiger partial charge on any atom is -0.478 e. The number of hydrogen-bond donors (Lipinski definition) is 1. The van der Waals surface area contributed by atoms with E-state index in [1.807, 2.05) is 30.3 Å². The molecule has 22 heavy (non-hydrogen) atoms. The third-order valence-corrected chi connectivity index (χ3v) is 3.26. The van der Waals surface area contributed by atoms with Crippen molar-refractivity contribution in [3.8, 4) is 11.1 Å². The van der Waals surface area contributed by atoms with Crippen LogP contribution >= 0.6 is 0 Å². The van der Waals surface area contributed by atoms with Gasteiger partial charge >= 0.3 is 11.9 Å². The van der Waals surface area contributed by atoms with Crippen LogP contribution in [0.4, 0.5) is 0 Å². The second-order valence-corrected chi connectivity index (χ2v) is 4.79. The number of benzene rings is 2. The number of aliphatic carboxylic acids is 1. The van der Waals surface area contributed by atoms with Crippen LogP contribution in [-0.2, 0) is 9.53 Å². The second kappa shape index (κ2) is 6.72. The molecule has 2 rings (SSSR count). The van der Waals surface area contributed by atoms with Gasteiger partial charge in [-0.15, -0.1) is 0 Å². The van der Waals surface area contributed by atoms with Gasteiger partial charge in [0, 0.05) is 5.57 Å². The summed E-state index contributed by atoms with van der Waals surface area (Å²) in [6.07, 6.45) is 1.61. The highest BCUT2D eigenvalue weighted by atomic mass is 16.5. The zero-order valence-electron chi connectivity index (χ0n) is 12.4. The molecule has 1 N–H and O–H groups in total. The minimum absolute atomic E-state index is 0.247. The molecule has 2 aromatic carbocycles. The molecule has 4 heteroatoms. The highest BCUT2D eigenvalue weighted by Crippen LogP contribution is 2.26. The largest absolute Gasteiger partial charge is 0.478 e. The maximum absolute atomic E-state index is 11.6. The van der Waals surface area contributed by atoms with Crippen molar-refractivity contribution in [3.05, 3.63) is 65.2 Å². The van der Waals surface area contributed by atoms with Gasteiger partial charge in [0.15, 0.2) is 0 Å². The Hall–Kier alpha value is -2.88. The van der Waals surface area contributed by atoms with Crippen LogP contribution in [0.2, 0.25) is 0 Å². The summed E-state index contributed by atoms with van der Waals surface area (Å²) in [7, 11) is 1.34. The molecule has 0 heterocycles. The van der Waals surface area contributed by atoms with E-state index >= 15 is 0 Å². The molecule has 0 aliphatic heterocycles. The van der Waals surface area contributed by atoms with Crippen LogP contribution in [0.5, 0.6) is 0 Å². The number of carboxylic acid groups (broad SMARTS) is 1. The molecule has 0 unspecified atom stereocenters. The molecule has 0 bridgehead atoms. The molecule has 0 aliphatic rings. The van der Waals surface area contributed by atoms with Gasteiger partial charge in [-0.3, -0.25) is 0 Å². The Morgan fingerprint density at radius 1 is 1.09 bits per heavy atom. The molecule has 0 fully saturated rings. The Morgan fingerprint density at radius 3 is 2.50 bits per heavy atom. The van der Waals surface area contributed by atoms with E-state index in [0.29, 0.717) is 5.56 Å². The summed E-state index contributed by atoms with van der Waals surface area (Å²) in [4.78, 5) is 22.6. The Bertz CT molecular complexity index is 744. The van der Waals surface area contributed by atoms with E-state index in [2.05, 4.69) is 0 Å².